The van der Waals surface area contributed by atoms with Crippen LogP contribution in [0.15, 0.2) is 59.2 Å². The van der Waals surface area contributed by atoms with Gasteiger partial charge in [-0.05, 0) is 18.4 Å². The van der Waals surface area contributed by atoms with Gasteiger partial charge in [-0.1, -0.05) is 42.1 Å². The van der Waals surface area contributed by atoms with Gasteiger partial charge >= 0.3 is 12.0 Å². The zero-order chi connectivity index (χ0) is 19.7. The summed E-state index contributed by atoms with van der Waals surface area (Å²) >= 11 is 1.50. The number of rotatable bonds is 6. The van der Waals surface area contributed by atoms with Crippen molar-refractivity contribution in [2.24, 2.45) is 7.05 Å². The Kier molecular flexibility index (Phi) is 5.13. The first-order valence-electron chi connectivity index (χ1n) is 9.16. The molecule has 0 spiro atoms. The molecule has 1 aliphatic heterocycles. The molecule has 1 unspecified atom stereocenters. The number of urea groups is 1. The quantitative estimate of drug-likeness (QED) is 0.598. The lowest BCUT2D eigenvalue weighted by atomic mass is 9.95. The van der Waals surface area contributed by atoms with Crippen molar-refractivity contribution in [3.8, 4) is 0 Å². The summed E-state index contributed by atoms with van der Waals surface area (Å²) in [6, 6.07) is 8.94. The minimum Gasteiger partial charge on any atom is -0.466 e. The zero-order valence-corrected chi connectivity index (χ0v) is 16.6. The molecule has 1 aromatic heterocycles. The molecule has 1 fully saturated rings. The normalized spacial score (nSPS) is 19.6. The van der Waals surface area contributed by atoms with Crippen molar-refractivity contribution in [3.05, 3.63) is 59.6 Å². The number of imidazole rings is 1. The van der Waals surface area contributed by atoms with Crippen LogP contribution in [-0.4, -0.2) is 45.4 Å². The molecule has 2 aliphatic rings. The van der Waals surface area contributed by atoms with Gasteiger partial charge in [0.15, 0.2) is 5.16 Å². The van der Waals surface area contributed by atoms with Crippen LogP contribution in [0.4, 0.5) is 4.79 Å². The number of nitrogens with zero attached hydrogens (tertiary/aromatic N) is 3. The molecular formula is C20H22N4O3S. The van der Waals surface area contributed by atoms with Crippen molar-refractivity contribution in [1.82, 2.24) is 19.8 Å². The van der Waals surface area contributed by atoms with Crippen molar-refractivity contribution >= 4 is 23.8 Å². The van der Waals surface area contributed by atoms with E-state index in [-0.39, 0.29) is 12.1 Å². The number of ether oxygens (including phenoxy) is 1. The summed E-state index contributed by atoms with van der Waals surface area (Å²) in [5.74, 6) is 0.0395. The van der Waals surface area contributed by atoms with Gasteiger partial charge in [-0.2, -0.15) is 0 Å². The molecule has 1 aliphatic carbocycles. The summed E-state index contributed by atoms with van der Waals surface area (Å²) in [5.41, 5.74) is 2.05. The Bertz CT molecular complexity index is 921. The number of nitrogens with one attached hydrogen (secondary N) is 1. The van der Waals surface area contributed by atoms with Gasteiger partial charge in [-0.3, -0.25) is 4.90 Å². The van der Waals surface area contributed by atoms with E-state index in [1.54, 1.807) is 11.1 Å². The van der Waals surface area contributed by atoms with Crippen molar-refractivity contribution in [3.63, 3.8) is 0 Å². The molecule has 1 saturated carbocycles. The molecule has 7 nitrogen and oxygen atoms in total. The van der Waals surface area contributed by atoms with E-state index in [0.29, 0.717) is 17.0 Å². The van der Waals surface area contributed by atoms with Gasteiger partial charge in [0.25, 0.3) is 0 Å². The van der Waals surface area contributed by atoms with Crippen LogP contribution in [0.2, 0.25) is 0 Å². The van der Waals surface area contributed by atoms with E-state index >= 15 is 0 Å². The fraction of sp³-hybridized carbons (Fsp3) is 0.350. The van der Waals surface area contributed by atoms with Crippen molar-refractivity contribution in [1.29, 1.82) is 0 Å². The Morgan fingerprint density at radius 2 is 2.07 bits per heavy atom. The second-order valence-electron chi connectivity index (χ2n) is 6.86. The summed E-state index contributed by atoms with van der Waals surface area (Å²) in [6.45, 7) is 0. The van der Waals surface area contributed by atoms with Crippen LogP contribution in [0.25, 0.3) is 0 Å². The van der Waals surface area contributed by atoms with Gasteiger partial charge in [0, 0.05) is 36.9 Å². The molecular weight excluding hydrogens is 376 g/mol. The maximum atomic E-state index is 13.0. The molecule has 2 heterocycles. The number of carbonyl (C=O) groups is 2. The minimum atomic E-state index is -0.534. The highest BCUT2D eigenvalue weighted by Gasteiger charge is 2.43. The number of amides is 2. The number of hydrogen-bond donors (Lipinski definition) is 1. The minimum absolute atomic E-state index is 0.133. The highest BCUT2D eigenvalue weighted by Crippen LogP contribution is 2.39. The molecule has 8 heteroatoms. The number of aromatic nitrogens is 2. The van der Waals surface area contributed by atoms with Crippen molar-refractivity contribution in [2.75, 3.05) is 12.9 Å². The SMILES string of the molecule is COC(=O)C1=C(CSc2nccn2C)N(C2CC2)C(=O)NC1c1ccccc1. The second-order valence-corrected chi connectivity index (χ2v) is 7.80. The van der Waals surface area contributed by atoms with E-state index in [0.717, 1.165) is 23.6 Å². The van der Waals surface area contributed by atoms with E-state index in [1.165, 1.54) is 18.9 Å². The van der Waals surface area contributed by atoms with Crippen LogP contribution >= 0.6 is 11.8 Å². The number of carbonyl (C=O) groups excluding carboxylic acids is 2. The number of benzene rings is 1. The lowest BCUT2D eigenvalue weighted by Gasteiger charge is -2.36. The highest BCUT2D eigenvalue weighted by atomic mass is 32.2. The third-order valence-corrected chi connectivity index (χ3v) is 6.01. The summed E-state index contributed by atoms with van der Waals surface area (Å²) in [4.78, 5) is 31.8. The third-order valence-electron chi connectivity index (χ3n) is 4.94. The summed E-state index contributed by atoms with van der Waals surface area (Å²) in [7, 11) is 3.29. The first-order valence-corrected chi connectivity index (χ1v) is 10.1. The van der Waals surface area contributed by atoms with Gasteiger partial charge < -0.3 is 14.6 Å². The van der Waals surface area contributed by atoms with E-state index in [2.05, 4.69) is 10.3 Å². The monoisotopic (exact) mass is 398 g/mol. The molecule has 28 heavy (non-hydrogen) atoms. The number of hydrogen-bond acceptors (Lipinski definition) is 5. The second kappa shape index (κ2) is 7.71. The Morgan fingerprint density at radius 3 is 2.68 bits per heavy atom. The molecule has 1 aromatic carbocycles. The Labute approximate surface area is 167 Å². The predicted molar refractivity (Wildman–Crippen MR) is 106 cm³/mol. The van der Waals surface area contributed by atoms with E-state index in [1.807, 2.05) is 48.1 Å². The van der Waals surface area contributed by atoms with Crippen LogP contribution in [0.1, 0.15) is 24.4 Å². The van der Waals surface area contributed by atoms with Gasteiger partial charge in [-0.15, -0.1) is 0 Å². The smallest absolute Gasteiger partial charge is 0.338 e. The first kappa shape index (κ1) is 18.6. The number of aryl methyl sites for hydroxylation is 1. The first-order chi connectivity index (χ1) is 13.6. The summed E-state index contributed by atoms with van der Waals surface area (Å²) in [5, 5.41) is 3.83. The topological polar surface area (TPSA) is 76.5 Å². The third kappa shape index (κ3) is 3.52. The highest BCUT2D eigenvalue weighted by molar-refractivity contribution is 7.99. The number of thioether (sulfide) groups is 1. The van der Waals surface area contributed by atoms with Crippen LogP contribution in [-0.2, 0) is 16.6 Å². The van der Waals surface area contributed by atoms with Crippen molar-refractivity contribution < 1.29 is 14.3 Å². The van der Waals surface area contributed by atoms with E-state index < -0.39 is 12.0 Å². The summed E-state index contributed by atoms with van der Waals surface area (Å²) in [6.07, 6.45) is 5.48. The standard InChI is InChI=1S/C20H22N4O3S/c1-23-11-10-21-20(23)28-12-15-16(18(25)27-2)17(13-6-4-3-5-7-13)22-19(26)24(15)14-8-9-14/h3-7,10-11,14,17H,8-9,12H2,1-2H3,(H,22,26). The van der Waals surface area contributed by atoms with Gasteiger partial charge in [0.05, 0.1) is 18.7 Å². The molecule has 146 valence electrons. The molecule has 0 saturated heterocycles. The number of methoxy groups -OCH3 is 1. The molecule has 2 amide bonds. The Balaban J connectivity index is 1.78. The van der Waals surface area contributed by atoms with Crippen molar-refractivity contribution in [2.45, 2.75) is 30.1 Å². The lowest BCUT2D eigenvalue weighted by Crippen LogP contribution is -2.50. The fourth-order valence-corrected chi connectivity index (χ4v) is 4.38. The van der Waals surface area contributed by atoms with E-state index in [4.69, 9.17) is 4.74 Å². The molecule has 2 aromatic rings. The largest absolute Gasteiger partial charge is 0.466 e. The lowest BCUT2D eigenvalue weighted by molar-refractivity contribution is -0.136. The summed E-state index contributed by atoms with van der Waals surface area (Å²) < 4.78 is 7.03. The molecule has 4 rings (SSSR count). The number of esters is 1. The molecule has 1 atom stereocenters. The van der Waals surface area contributed by atoms with Gasteiger partial charge in [0.2, 0.25) is 0 Å². The average Bonchev–Trinajstić information content (AvgIpc) is 3.47. The predicted octanol–water partition coefficient (Wildman–Crippen LogP) is 2.87. The van der Waals surface area contributed by atoms with Gasteiger partial charge in [0.1, 0.15) is 0 Å². The zero-order valence-electron chi connectivity index (χ0n) is 15.8. The maximum absolute atomic E-state index is 13.0. The fourth-order valence-electron chi connectivity index (χ4n) is 3.42. The van der Waals surface area contributed by atoms with Crippen LogP contribution in [0, 0.1) is 0 Å². The van der Waals surface area contributed by atoms with Gasteiger partial charge in [-0.25, -0.2) is 14.6 Å². The van der Waals surface area contributed by atoms with E-state index in [9.17, 15) is 9.59 Å². The average molecular weight is 398 g/mol. The molecule has 1 N–H and O–H groups in total. The van der Waals surface area contributed by atoms with Crippen LogP contribution < -0.4 is 5.32 Å². The van der Waals surface area contributed by atoms with Crippen LogP contribution in [0.3, 0.4) is 0 Å². The Morgan fingerprint density at radius 1 is 1.32 bits per heavy atom. The van der Waals surface area contributed by atoms with Crippen LogP contribution in [0.5, 0.6) is 0 Å². The molecule has 0 radical (unpaired) electrons. The Hall–Kier alpha value is -2.74. The molecule has 0 bridgehead atoms. The maximum Gasteiger partial charge on any atom is 0.338 e.